The highest BCUT2D eigenvalue weighted by molar-refractivity contribution is 7.85. The first-order valence-electron chi connectivity index (χ1n) is 4.65. The monoisotopic (exact) mass is 225 g/mol. The average Bonchev–Trinajstić information content (AvgIpc) is 2.08. The molecule has 0 rings (SSSR count). The quantitative estimate of drug-likeness (QED) is 0.418. The molecule has 0 aliphatic heterocycles. The lowest BCUT2D eigenvalue weighted by atomic mass is 10.4. The molecule has 0 heterocycles. The Labute approximate surface area is 85.1 Å². The molecule has 0 unspecified atom stereocenters. The van der Waals surface area contributed by atoms with Crippen LogP contribution in [0.15, 0.2) is 0 Å². The predicted molar refractivity (Wildman–Crippen MR) is 51.1 cm³/mol. The van der Waals surface area contributed by atoms with Gasteiger partial charge in [-0.05, 0) is 19.8 Å². The highest BCUT2D eigenvalue weighted by Gasteiger charge is 1.95. The van der Waals surface area contributed by atoms with Gasteiger partial charge >= 0.3 is 0 Å². The van der Waals surface area contributed by atoms with Crippen LogP contribution >= 0.6 is 0 Å². The molecule has 86 valence electrons. The van der Waals surface area contributed by atoms with Crippen molar-refractivity contribution in [3.63, 3.8) is 0 Å². The van der Waals surface area contributed by atoms with Crippen molar-refractivity contribution in [2.75, 3.05) is 32.2 Å². The smallest absolute Gasteiger partial charge is 0.0945 e. The maximum Gasteiger partial charge on any atom is 0.0945 e. The van der Waals surface area contributed by atoms with E-state index in [1.807, 2.05) is 6.92 Å². The van der Waals surface area contributed by atoms with E-state index < -0.39 is 10.1 Å². The maximum absolute atomic E-state index is 10.2. The van der Waals surface area contributed by atoms with Gasteiger partial charge in [0.25, 0.3) is 0 Å². The zero-order chi connectivity index (χ0) is 10.9. The summed E-state index contributed by atoms with van der Waals surface area (Å²) in [4.78, 5) is 0. The van der Waals surface area contributed by atoms with E-state index in [2.05, 4.69) is 0 Å². The van der Waals surface area contributed by atoms with Gasteiger partial charge in [0.05, 0.1) is 23.3 Å². The number of unbranched alkanes of at least 4 members (excludes halogenated alkanes) is 1. The van der Waals surface area contributed by atoms with Gasteiger partial charge in [-0.25, -0.2) is 8.42 Å². The Kier molecular flexibility index (Phi) is 8.07. The van der Waals surface area contributed by atoms with Crippen LogP contribution in [-0.2, 0) is 19.6 Å². The minimum atomic E-state index is -4.06. The van der Waals surface area contributed by atoms with Crippen LogP contribution in [0, 0.1) is 0 Å². The molecule has 0 aliphatic rings. The zero-order valence-electron chi connectivity index (χ0n) is 8.40. The van der Waals surface area contributed by atoms with Crippen molar-refractivity contribution in [2.24, 2.45) is 0 Å². The van der Waals surface area contributed by atoms with E-state index in [0.717, 1.165) is 0 Å². The van der Waals surface area contributed by atoms with Gasteiger partial charge in [-0.3, -0.25) is 0 Å². The molecular weight excluding hydrogens is 208 g/mol. The highest BCUT2D eigenvalue weighted by atomic mass is 32.2. The highest BCUT2D eigenvalue weighted by Crippen LogP contribution is 1.94. The lowest BCUT2D eigenvalue weighted by Crippen LogP contribution is -2.08. The van der Waals surface area contributed by atoms with Crippen LogP contribution in [0.4, 0.5) is 0 Å². The molecule has 0 N–H and O–H groups in total. The molecule has 0 aliphatic carbocycles. The van der Waals surface area contributed by atoms with Crippen LogP contribution in [-0.4, -0.2) is 45.2 Å². The van der Waals surface area contributed by atoms with Crippen LogP contribution < -0.4 is 0 Å². The SMILES string of the molecule is CCOCCOCCCCS(=O)(=O)[O-]. The van der Waals surface area contributed by atoms with Crippen molar-refractivity contribution in [1.82, 2.24) is 0 Å². The van der Waals surface area contributed by atoms with Crippen LogP contribution in [0.3, 0.4) is 0 Å². The van der Waals surface area contributed by atoms with Crippen molar-refractivity contribution >= 4 is 10.1 Å². The minimum absolute atomic E-state index is 0.304. The van der Waals surface area contributed by atoms with Gasteiger partial charge < -0.3 is 14.0 Å². The van der Waals surface area contributed by atoms with Crippen LogP contribution in [0.25, 0.3) is 0 Å². The van der Waals surface area contributed by atoms with Gasteiger partial charge in [0.1, 0.15) is 0 Å². The molecule has 0 bridgehead atoms. The Bertz CT molecular complexity index is 212. The van der Waals surface area contributed by atoms with Crippen molar-refractivity contribution in [1.29, 1.82) is 0 Å². The van der Waals surface area contributed by atoms with Gasteiger partial charge in [0.15, 0.2) is 0 Å². The summed E-state index contributed by atoms with van der Waals surface area (Å²) in [7, 11) is -4.06. The summed E-state index contributed by atoms with van der Waals surface area (Å²) in [5, 5.41) is 0. The molecule has 5 nitrogen and oxygen atoms in total. The second-order valence-corrected chi connectivity index (χ2v) is 4.30. The first kappa shape index (κ1) is 13.8. The predicted octanol–water partition coefficient (Wildman–Crippen LogP) is 0.365. The van der Waals surface area contributed by atoms with Crippen LogP contribution in [0.2, 0.25) is 0 Å². The summed E-state index contributed by atoms with van der Waals surface area (Å²) in [6.07, 6.45) is 0.952. The molecule has 0 amide bonds. The second kappa shape index (κ2) is 8.16. The van der Waals surface area contributed by atoms with Gasteiger partial charge in [-0.2, -0.15) is 0 Å². The zero-order valence-corrected chi connectivity index (χ0v) is 9.22. The minimum Gasteiger partial charge on any atom is -0.748 e. The number of hydrogen-bond donors (Lipinski definition) is 0. The lowest BCUT2D eigenvalue weighted by molar-refractivity contribution is 0.0518. The fourth-order valence-corrected chi connectivity index (χ4v) is 1.40. The van der Waals surface area contributed by atoms with E-state index in [-0.39, 0.29) is 5.75 Å². The fraction of sp³-hybridized carbons (Fsp3) is 1.00. The average molecular weight is 225 g/mol. The Hall–Kier alpha value is -0.170. The third-order valence-corrected chi connectivity index (χ3v) is 2.30. The Morgan fingerprint density at radius 3 is 2.29 bits per heavy atom. The summed E-state index contributed by atoms with van der Waals surface area (Å²) in [5.74, 6) is -0.304. The van der Waals surface area contributed by atoms with Crippen LogP contribution in [0.1, 0.15) is 19.8 Å². The van der Waals surface area contributed by atoms with E-state index in [9.17, 15) is 13.0 Å². The molecule has 6 heteroatoms. The topological polar surface area (TPSA) is 75.7 Å². The largest absolute Gasteiger partial charge is 0.748 e. The number of ether oxygens (including phenoxy) is 2. The van der Waals surface area contributed by atoms with E-state index in [4.69, 9.17) is 9.47 Å². The standard InChI is InChI=1S/C8H18O5S/c1-2-12-6-7-13-5-3-4-8-14(9,10)11/h2-8H2,1H3,(H,9,10,11)/p-1. The first-order chi connectivity index (χ1) is 6.56. The van der Waals surface area contributed by atoms with Crippen molar-refractivity contribution in [3.8, 4) is 0 Å². The molecule has 14 heavy (non-hydrogen) atoms. The summed E-state index contributed by atoms with van der Waals surface area (Å²) < 4.78 is 40.7. The molecule has 0 atom stereocenters. The maximum atomic E-state index is 10.2. The molecule has 0 spiro atoms. The normalized spacial score (nSPS) is 11.9. The molecule has 0 saturated heterocycles. The summed E-state index contributed by atoms with van der Waals surface area (Å²) in [6, 6.07) is 0. The van der Waals surface area contributed by atoms with E-state index in [1.165, 1.54) is 0 Å². The van der Waals surface area contributed by atoms with E-state index in [1.54, 1.807) is 0 Å². The van der Waals surface area contributed by atoms with Gasteiger partial charge in [-0.1, -0.05) is 0 Å². The summed E-state index contributed by atoms with van der Waals surface area (Å²) >= 11 is 0. The van der Waals surface area contributed by atoms with Crippen LogP contribution in [0.5, 0.6) is 0 Å². The number of hydrogen-bond acceptors (Lipinski definition) is 5. The molecule has 0 aromatic carbocycles. The van der Waals surface area contributed by atoms with Crippen molar-refractivity contribution in [2.45, 2.75) is 19.8 Å². The van der Waals surface area contributed by atoms with Gasteiger partial charge in [0, 0.05) is 19.0 Å². The van der Waals surface area contributed by atoms with Gasteiger partial charge in [-0.15, -0.1) is 0 Å². The summed E-state index contributed by atoms with van der Waals surface area (Å²) in [6.45, 7) is 4.10. The van der Waals surface area contributed by atoms with Crippen molar-refractivity contribution < 1.29 is 22.4 Å². The molecule has 0 aromatic rings. The number of rotatable bonds is 9. The Morgan fingerprint density at radius 1 is 1.07 bits per heavy atom. The summed E-state index contributed by atoms with van der Waals surface area (Å²) in [5.41, 5.74) is 0. The third-order valence-electron chi connectivity index (χ3n) is 1.51. The Balaban J connectivity index is 3.07. The molecular formula is C8H17O5S-. The lowest BCUT2D eigenvalue weighted by Gasteiger charge is -2.06. The fourth-order valence-electron chi connectivity index (χ4n) is 0.847. The molecule has 0 fully saturated rings. The molecule has 0 radical (unpaired) electrons. The molecule has 0 saturated carbocycles. The third kappa shape index (κ3) is 11.8. The van der Waals surface area contributed by atoms with E-state index >= 15 is 0 Å². The van der Waals surface area contributed by atoms with E-state index in [0.29, 0.717) is 39.3 Å². The second-order valence-electron chi connectivity index (χ2n) is 2.78. The van der Waals surface area contributed by atoms with Gasteiger partial charge in [0.2, 0.25) is 0 Å². The van der Waals surface area contributed by atoms with Crippen molar-refractivity contribution in [3.05, 3.63) is 0 Å². The Morgan fingerprint density at radius 2 is 1.71 bits per heavy atom. The molecule has 0 aromatic heterocycles. The first-order valence-corrected chi connectivity index (χ1v) is 6.23.